The molecule has 124 valence electrons. The second-order valence-corrected chi connectivity index (χ2v) is 6.36. The SMILES string of the molecule is CN(C)c1ncnc2[nH]ccc12.COC(=O)CN1CC2CC2C1. The Kier molecular flexibility index (Phi) is 4.47. The normalized spacial score (nSPS) is 22.2. The van der Waals surface area contributed by atoms with E-state index in [-0.39, 0.29) is 5.97 Å². The van der Waals surface area contributed by atoms with Crippen molar-refractivity contribution >= 4 is 22.8 Å². The Morgan fingerprint density at radius 2 is 2.13 bits per heavy atom. The summed E-state index contributed by atoms with van der Waals surface area (Å²) in [5, 5.41) is 1.06. The Morgan fingerprint density at radius 3 is 2.78 bits per heavy atom. The Morgan fingerprint density at radius 1 is 1.39 bits per heavy atom. The zero-order valence-electron chi connectivity index (χ0n) is 13.8. The van der Waals surface area contributed by atoms with Crippen molar-refractivity contribution < 1.29 is 9.53 Å². The van der Waals surface area contributed by atoms with Crippen molar-refractivity contribution in [2.45, 2.75) is 6.42 Å². The molecule has 0 aromatic carbocycles. The molecule has 2 atom stereocenters. The number of piperidine rings is 1. The van der Waals surface area contributed by atoms with Crippen molar-refractivity contribution in [3.8, 4) is 0 Å². The van der Waals surface area contributed by atoms with Crippen LogP contribution >= 0.6 is 0 Å². The molecule has 0 bridgehead atoms. The predicted octanol–water partition coefficient (Wildman–Crippen LogP) is 1.13. The molecule has 2 fully saturated rings. The number of aromatic amines is 1. The maximum Gasteiger partial charge on any atom is 0.319 e. The minimum absolute atomic E-state index is 0.105. The van der Waals surface area contributed by atoms with Gasteiger partial charge in [0.15, 0.2) is 0 Å². The first kappa shape index (κ1) is 15.7. The highest BCUT2D eigenvalue weighted by Gasteiger charge is 2.45. The van der Waals surface area contributed by atoms with Crippen LogP contribution < -0.4 is 4.90 Å². The van der Waals surface area contributed by atoms with Crippen LogP contribution in [0.25, 0.3) is 11.0 Å². The summed E-state index contributed by atoms with van der Waals surface area (Å²) >= 11 is 0. The van der Waals surface area contributed by atoms with E-state index >= 15 is 0 Å². The summed E-state index contributed by atoms with van der Waals surface area (Å²) in [7, 11) is 5.38. The largest absolute Gasteiger partial charge is 0.468 e. The van der Waals surface area contributed by atoms with Crippen molar-refractivity contribution in [2.24, 2.45) is 11.8 Å². The average molecular weight is 317 g/mol. The number of hydrogen-bond acceptors (Lipinski definition) is 6. The van der Waals surface area contributed by atoms with Gasteiger partial charge in [-0.1, -0.05) is 0 Å². The molecule has 2 aromatic rings. The third kappa shape index (κ3) is 3.61. The first-order valence-electron chi connectivity index (χ1n) is 7.83. The van der Waals surface area contributed by atoms with E-state index in [9.17, 15) is 4.79 Å². The fraction of sp³-hybridized carbons (Fsp3) is 0.562. The maximum atomic E-state index is 10.8. The predicted molar refractivity (Wildman–Crippen MR) is 88.3 cm³/mol. The third-order valence-electron chi connectivity index (χ3n) is 4.39. The van der Waals surface area contributed by atoms with Crippen molar-refractivity contribution in [1.29, 1.82) is 0 Å². The van der Waals surface area contributed by atoms with Gasteiger partial charge in [-0.2, -0.15) is 0 Å². The molecule has 0 amide bonds. The summed E-state index contributed by atoms with van der Waals surface area (Å²) in [4.78, 5) is 26.3. The number of aromatic nitrogens is 3. The van der Waals surface area contributed by atoms with E-state index in [0.29, 0.717) is 6.54 Å². The highest BCUT2D eigenvalue weighted by molar-refractivity contribution is 5.86. The van der Waals surface area contributed by atoms with Gasteiger partial charge >= 0.3 is 5.97 Å². The highest BCUT2D eigenvalue weighted by atomic mass is 16.5. The molecular weight excluding hydrogens is 294 g/mol. The molecule has 0 radical (unpaired) electrons. The monoisotopic (exact) mass is 317 g/mol. The van der Waals surface area contributed by atoms with Gasteiger partial charge in [-0.05, 0) is 24.3 Å². The van der Waals surface area contributed by atoms with Crippen LogP contribution in [-0.4, -0.2) is 66.7 Å². The van der Waals surface area contributed by atoms with E-state index < -0.39 is 0 Å². The van der Waals surface area contributed by atoms with E-state index in [4.69, 9.17) is 0 Å². The van der Waals surface area contributed by atoms with Gasteiger partial charge in [0, 0.05) is 33.4 Å². The number of carbonyl (C=O) groups is 1. The fourth-order valence-corrected chi connectivity index (χ4v) is 3.09. The van der Waals surface area contributed by atoms with Crippen LogP contribution in [0.15, 0.2) is 18.6 Å². The number of methoxy groups -OCH3 is 1. The standard InChI is InChI=1S/C8H10N4.C8H13NO2/c1-12(2)8-6-3-4-9-7(6)10-5-11-8;1-11-8(10)5-9-3-6-2-7(6)4-9/h3-5H,1-2H3,(H,9,10,11);6-7H,2-5H2,1H3. The quantitative estimate of drug-likeness (QED) is 0.856. The Balaban J connectivity index is 0.000000136. The second kappa shape index (κ2) is 6.54. The van der Waals surface area contributed by atoms with Crippen LogP contribution in [0.3, 0.4) is 0 Å². The van der Waals surface area contributed by atoms with Gasteiger partial charge in [-0.15, -0.1) is 0 Å². The number of carbonyl (C=O) groups excluding carboxylic acids is 1. The molecule has 1 aliphatic heterocycles. The minimum Gasteiger partial charge on any atom is -0.468 e. The molecule has 7 heteroatoms. The molecule has 2 aliphatic rings. The van der Waals surface area contributed by atoms with Gasteiger partial charge in [0.1, 0.15) is 17.8 Å². The van der Waals surface area contributed by atoms with Crippen LogP contribution in [0, 0.1) is 11.8 Å². The van der Waals surface area contributed by atoms with Crippen molar-refractivity contribution in [3.05, 3.63) is 18.6 Å². The molecule has 0 spiro atoms. The highest BCUT2D eigenvalue weighted by Crippen LogP contribution is 2.44. The summed E-state index contributed by atoms with van der Waals surface area (Å²) < 4.78 is 4.58. The number of rotatable bonds is 3. The molecule has 7 nitrogen and oxygen atoms in total. The first-order chi connectivity index (χ1) is 11.1. The summed E-state index contributed by atoms with van der Waals surface area (Å²) in [5.74, 6) is 2.65. The van der Waals surface area contributed by atoms with Crippen LogP contribution in [-0.2, 0) is 9.53 Å². The van der Waals surface area contributed by atoms with Crippen molar-refractivity contribution in [3.63, 3.8) is 0 Å². The first-order valence-corrected chi connectivity index (χ1v) is 7.83. The molecule has 4 rings (SSSR count). The summed E-state index contributed by atoms with van der Waals surface area (Å²) in [6.07, 6.45) is 4.82. The number of nitrogens with zero attached hydrogens (tertiary/aromatic N) is 4. The van der Waals surface area contributed by atoms with E-state index in [1.54, 1.807) is 6.33 Å². The van der Waals surface area contributed by atoms with E-state index in [1.165, 1.54) is 13.5 Å². The molecule has 2 aromatic heterocycles. The molecule has 2 unspecified atom stereocenters. The molecule has 3 heterocycles. The maximum absolute atomic E-state index is 10.8. The van der Waals surface area contributed by atoms with E-state index in [1.807, 2.05) is 31.3 Å². The van der Waals surface area contributed by atoms with Gasteiger partial charge in [0.2, 0.25) is 0 Å². The smallest absolute Gasteiger partial charge is 0.319 e. The molecule has 1 aliphatic carbocycles. The van der Waals surface area contributed by atoms with E-state index in [2.05, 4.69) is 24.6 Å². The zero-order chi connectivity index (χ0) is 16.4. The van der Waals surface area contributed by atoms with E-state index in [0.717, 1.165) is 41.8 Å². The van der Waals surface area contributed by atoms with Gasteiger partial charge in [-0.25, -0.2) is 9.97 Å². The average Bonchev–Trinajstić information content (AvgIpc) is 2.96. The minimum atomic E-state index is -0.105. The summed E-state index contributed by atoms with van der Waals surface area (Å²) in [6.45, 7) is 2.71. The number of esters is 1. The number of ether oxygens (including phenoxy) is 1. The van der Waals surface area contributed by atoms with Crippen LogP contribution in [0.5, 0.6) is 0 Å². The lowest BCUT2D eigenvalue weighted by atomic mass is 10.3. The second-order valence-electron chi connectivity index (χ2n) is 6.36. The van der Waals surface area contributed by atoms with Gasteiger partial charge < -0.3 is 14.6 Å². The van der Waals surface area contributed by atoms with Crippen LogP contribution in [0.2, 0.25) is 0 Å². The van der Waals surface area contributed by atoms with Gasteiger partial charge in [0.05, 0.1) is 19.0 Å². The van der Waals surface area contributed by atoms with Crippen LogP contribution in [0.4, 0.5) is 5.82 Å². The number of likely N-dealkylation sites (tertiary alicyclic amines) is 1. The molecular formula is C16H23N5O2. The Hall–Kier alpha value is -2.15. The fourth-order valence-electron chi connectivity index (χ4n) is 3.09. The Bertz CT molecular complexity index is 674. The molecule has 1 saturated carbocycles. The lowest BCUT2D eigenvalue weighted by molar-refractivity contribution is -0.141. The number of fused-ring (bicyclic) bond motifs is 2. The summed E-state index contributed by atoms with van der Waals surface area (Å²) in [5.41, 5.74) is 0.883. The summed E-state index contributed by atoms with van der Waals surface area (Å²) in [6, 6.07) is 1.98. The zero-order valence-corrected chi connectivity index (χ0v) is 13.8. The van der Waals surface area contributed by atoms with Crippen molar-refractivity contribution in [2.75, 3.05) is 45.7 Å². The molecule has 1 saturated heterocycles. The third-order valence-corrected chi connectivity index (χ3v) is 4.39. The number of nitrogens with one attached hydrogen (secondary N) is 1. The Labute approximate surface area is 135 Å². The van der Waals surface area contributed by atoms with Gasteiger partial charge in [0.25, 0.3) is 0 Å². The molecule has 1 N–H and O–H groups in total. The number of H-pyrrole nitrogens is 1. The van der Waals surface area contributed by atoms with Crippen molar-refractivity contribution in [1.82, 2.24) is 19.9 Å². The topological polar surface area (TPSA) is 74.4 Å². The molecule has 23 heavy (non-hydrogen) atoms. The van der Waals surface area contributed by atoms with Gasteiger partial charge in [-0.3, -0.25) is 9.69 Å². The van der Waals surface area contributed by atoms with Crippen LogP contribution in [0.1, 0.15) is 6.42 Å². The lowest BCUT2D eigenvalue weighted by Crippen LogP contribution is -2.29. The lowest BCUT2D eigenvalue weighted by Gasteiger charge is -2.14. The number of anilines is 1. The number of hydrogen-bond donors (Lipinski definition) is 1.